The molecule has 8 nitrogen and oxygen atoms in total. The topological polar surface area (TPSA) is 100 Å². The van der Waals surface area contributed by atoms with Gasteiger partial charge in [0.25, 0.3) is 0 Å². The van der Waals surface area contributed by atoms with Crippen LogP contribution < -0.4 is 10.0 Å². The maximum absolute atomic E-state index is 12.5. The molecule has 2 heterocycles. The fourth-order valence-corrected chi connectivity index (χ4v) is 4.99. The highest BCUT2D eigenvalue weighted by Crippen LogP contribution is 2.31. The first kappa shape index (κ1) is 24.8. The van der Waals surface area contributed by atoms with E-state index in [4.69, 9.17) is 11.6 Å². The van der Waals surface area contributed by atoms with Crippen LogP contribution in [0.4, 0.5) is 11.5 Å². The van der Waals surface area contributed by atoms with Gasteiger partial charge in [0.2, 0.25) is 10.0 Å². The van der Waals surface area contributed by atoms with Gasteiger partial charge in [0.15, 0.2) is 5.15 Å². The minimum absolute atomic E-state index is 0.0401. The molecule has 0 bridgehead atoms. The third-order valence-corrected chi connectivity index (χ3v) is 7.09. The lowest BCUT2D eigenvalue weighted by Crippen LogP contribution is -2.26. The quantitative estimate of drug-likeness (QED) is 0.311. The van der Waals surface area contributed by atoms with E-state index in [9.17, 15) is 8.42 Å². The van der Waals surface area contributed by atoms with E-state index in [1.165, 1.54) is 6.33 Å². The Morgan fingerprint density at radius 3 is 2.51 bits per heavy atom. The van der Waals surface area contributed by atoms with E-state index in [0.29, 0.717) is 17.9 Å². The smallest absolute Gasteiger partial charge is 0.234 e. The summed E-state index contributed by atoms with van der Waals surface area (Å²) >= 11 is 6.21. The number of rotatable bonds is 9. The molecule has 1 unspecified atom stereocenters. The van der Waals surface area contributed by atoms with Gasteiger partial charge in [-0.2, -0.15) is 0 Å². The first-order valence-electron chi connectivity index (χ1n) is 11.1. The number of benzene rings is 2. The predicted molar refractivity (Wildman–Crippen MR) is 142 cm³/mol. The molecule has 2 N–H and O–H groups in total. The molecule has 2 aromatic heterocycles. The van der Waals surface area contributed by atoms with Crippen molar-refractivity contribution in [2.45, 2.75) is 13.0 Å². The van der Waals surface area contributed by atoms with E-state index in [-0.39, 0.29) is 22.6 Å². The number of aromatic nitrogens is 3. The van der Waals surface area contributed by atoms with Crippen LogP contribution in [0.25, 0.3) is 22.0 Å². The van der Waals surface area contributed by atoms with Crippen LogP contribution in [0.15, 0.2) is 67.1 Å². The second-order valence-corrected chi connectivity index (χ2v) is 10.7. The van der Waals surface area contributed by atoms with Gasteiger partial charge in [-0.15, -0.1) is 0 Å². The Kier molecular flexibility index (Phi) is 7.49. The van der Waals surface area contributed by atoms with Crippen molar-refractivity contribution in [1.82, 2.24) is 19.9 Å². The second kappa shape index (κ2) is 10.6. The Morgan fingerprint density at radius 2 is 1.77 bits per heavy atom. The zero-order valence-corrected chi connectivity index (χ0v) is 21.3. The van der Waals surface area contributed by atoms with Gasteiger partial charge < -0.3 is 10.2 Å². The number of hydrogen-bond donors (Lipinski definition) is 2. The highest BCUT2D eigenvalue weighted by molar-refractivity contribution is 7.92. The summed E-state index contributed by atoms with van der Waals surface area (Å²) in [6, 6.07) is 17.6. The molecule has 0 aliphatic carbocycles. The summed E-state index contributed by atoms with van der Waals surface area (Å²) in [6.07, 6.45) is 3.15. The largest absolute Gasteiger partial charge is 0.363 e. The van der Waals surface area contributed by atoms with Crippen LogP contribution in [0.2, 0.25) is 5.15 Å². The Morgan fingerprint density at radius 1 is 1.00 bits per heavy atom. The molecule has 0 radical (unpaired) electrons. The molecule has 0 aliphatic rings. The summed E-state index contributed by atoms with van der Waals surface area (Å²) in [5.41, 5.74) is 3.72. The molecule has 0 amide bonds. The third-order valence-electron chi connectivity index (χ3n) is 5.53. The fraction of sp³-hybridized carbons (Fsp3) is 0.240. The summed E-state index contributed by atoms with van der Waals surface area (Å²) in [7, 11) is 0.0561. The average molecular weight is 511 g/mol. The van der Waals surface area contributed by atoms with Crippen LogP contribution in [0.1, 0.15) is 18.5 Å². The molecule has 0 saturated carbocycles. The highest BCUT2D eigenvalue weighted by Gasteiger charge is 2.16. The SMILES string of the molecule is CC(Nc1ncnc2ccc(-c3cnc(Cl)c(NS(=O)(=O)CCN(C)C)c3)cc12)c1ccccc1. The summed E-state index contributed by atoms with van der Waals surface area (Å²) in [5.74, 6) is 0.655. The normalized spacial score (nSPS) is 12.6. The zero-order chi connectivity index (χ0) is 25.0. The Labute approximate surface area is 210 Å². The Balaban J connectivity index is 1.65. The van der Waals surface area contributed by atoms with Crippen molar-refractivity contribution < 1.29 is 8.42 Å². The second-order valence-electron chi connectivity index (χ2n) is 8.52. The van der Waals surface area contributed by atoms with Crippen LogP contribution in [0.5, 0.6) is 0 Å². The number of halogens is 1. The van der Waals surface area contributed by atoms with E-state index in [0.717, 1.165) is 22.0 Å². The maximum atomic E-state index is 12.5. The van der Waals surface area contributed by atoms with E-state index in [1.807, 2.05) is 50.5 Å². The summed E-state index contributed by atoms with van der Waals surface area (Å²) < 4.78 is 27.5. The van der Waals surface area contributed by atoms with Crippen molar-refractivity contribution in [3.63, 3.8) is 0 Å². The summed E-state index contributed by atoms with van der Waals surface area (Å²) in [4.78, 5) is 14.9. The lowest BCUT2D eigenvalue weighted by Gasteiger charge is -2.16. The van der Waals surface area contributed by atoms with Crippen LogP contribution in [-0.4, -0.2) is 54.7 Å². The molecule has 2 aromatic carbocycles. The van der Waals surface area contributed by atoms with E-state index < -0.39 is 10.0 Å². The van der Waals surface area contributed by atoms with Crippen LogP contribution >= 0.6 is 11.6 Å². The zero-order valence-electron chi connectivity index (χ0n) is 19.7. The van der Waals surface area contributed by atoms with Gasteiger partial charge in [0, 0.05) is 29.7 Å². The molecule has 0 aliphatic heterocycles. The van der Waals surface area contributed by atoms with Gasteiger partial charge in [0.1, 0.15) is 12.1 Å². The first-order valence-corrected chi connectivity index (χ1v) is 13.1. The number of nitrogens with one attached hydrogen (secondary N) is 2. The van der Waals surface area contributed by atoms with Crippen molar-refractivity contribution in [3.8, 4) is 11.1 Å². The van der Waals surface area contributed by atoms with E-state index in [2.05, 4.69) is 44.0 Å². The van der Waals surface area contributed by atoms with E-state index >= 15 is 0 Å². The van der Waals surface area contributed by atoms with Crippen LogP contribution in [-0.2, 0) is 10.0 Å². The lowest BCUT2D eigenvalue weighted by molar-refractivity contribution is 0.432. The fourth-order valence-electron chi connectivity index (χ4n) is 3.58. The Hall–Kier alpha value is -3.27. The van der Waals surface area contributed by atoms with Crippen LogP contribution in [0, 0.1) is 0 Å². The number of fused-ring (bicyclic) bond motifs is 1. The predicted octanol–water partition coefficient (Wildman–Crippen LogP) is 4.82. The van der Waals surface area contributed by atoms with Gasteiger partial charge in [-0.05, 0) is 50.3 Å². The van der Waals surface area contributed by atoms with Gasteiger partial charge >= 0.3 is 0 Å². The molecule has 0 fully saturated rings. The van der Waals surface area contributed by atoms with Gasteiger partial charge in [-0.3, -0.25) is 4.72 Å². The standard InChI is InChI=1S/C25H27ClN6O2S/c1-17(18-7-5-4-6-8-18)30-25-21-13-19(9-10-22(21)28-16-29-25)20-14-23(24(26)27-15-20)31-35(33,34)12-11-32(2)3/h4-10,13-17,31H,11-12H2,1-3H3,(H,28,29,30). The number of hydrogen-bond acceptors (Lipinski definition) is 7. The minimum Gasteiger partial charge on any atom is -0.363 e. The van der Waals surface area contributed by atoms with Crippen molar-refractivity contribution >= 4 is 44.0 Å². The number of sulfonamides is 1. The van der Waals surface area contributed by atoms with Crippen molar-refractivity contribution in [3.05, 3.63) is 77.8 Å². The van der Waals surface area contributed by atoms with Crippen molar-refractivity contribution in [2.24, 2.45) is 0 Å². The monoisotopic (exact) mass is 510 g/mol. The molecule has 4 aromatic rings. The highest BCUT2D eigenvalue weighted by atomic mass is 35.5. The average Bonchev–Trinajstić information content (AvgIpc) is 2.84. The lowest BCUT2D eigenvalue weighted by atomic mass is 10.0. The molecule has 0 saturated heterocycles. The summed E-state index contributed by atoms with van der Waals surface area (Å²) in [5, 5.41) is 4.40. The minimum atomic E-state index is -3.58. The number of anilines is 2. The van der Waals surface area contributed by atoms with Crippen molar-refractivity contribution in [1.29, 1.82) is 0 Å². The maximum Gasteiger partial charge on any atom is 0.234 e. The van der Waals surface area contributed by atoms with Crippen molar-refractivity contribution in [2.75, 3.05) is 36.4 Å². The summed E-state index contributed by atoms with van der Waals surface area (Å²) in [6.45, 7) is 2.47. The molecule has 35 heavy (non-hydrogen) atoms. The number of nitrogens with zero attached hydrogens (tertiary/aromatic N) is 4. The molecule has 4 rings (SSSR count). The molecule has 0 spiro atoms. The Bertz CT molecular complexity index is 1430. The third kappa shape index (κ3) is 6.25. The van der Waals surface area contributed by atoms with Gasteiger partial charge in [-0.25, -0.2) is 23.4 Å². The molecular formula is C25H27ClN6O2S. The molecule has 10 heteroatoms. The first-order chi connectivity index (χ1) is 16.7. The van der Waals surface area contributed by atoms with Gasteiger partial charge in [0.05, 0.1) is 17.0 Å². The van der Waals surface area contributed by atoms with Crippen LogP contribution in [0.3, 0.4) is 0 Å². The molecule has 182 valence electrons. The number of pyridine rings is 1. The molecule has 1 atom stereocenters. The van der Waals surface area contributed by atoms with Gasteiger partial charge in [-0.1, -0.05) is 48.0 Å². The van der Waals surface area contributed by atoms with E-state index in [1.54, 1.807) is 17.2 Å². The molecular weight excluding hydrogens is 484 g/mol.